The Morgan fingerprint density at radius 1 is 1.05 bits per heavy atom. The number of ether oxygens (including phenoxy) is 2. The maximum Gasteiger partial charge on any atom is 0.494 e. The third kappa shape index (κ3) is 4.68. The van der Waals surface area contributed by atoms with Gasteiger partial charge in [-0.3, -0.25) is 4.90 Å². The van der Waals surface area contributed by atoms with Crippen LogP contribution in [0.5, 0.6) is 5.75 Å². The van der Waals surface area contributed by atoms with Crippen LogP contribution in [-0.4, -0.2) is 65.0 Å². The highest BCUT2D eigenvalue weighted by Gasteiger charge is 2.52. The first-order valence-electron chi connectivity index (χ1n) is 15.6. The number of alkyl halides is 1. The number of hydrogen-bond donors (Lipinski definition) is 0. The number of aromatic nitrogens is 2. The molecule has 2 saturated heterocycles. The van der Waals surface area contributed by atoms with Crippen molar-refractivity contribution in [2.45, 2.75) is 108 Å². The van der Waals surface area contributed by atoms with Gasteiger partial charge < -0.3 is 18.8 Å². The fourth-order valence-electron chi connectivity index (χ4n) is 6.96. The molecule has 2 aromatic carbocycles. The summed E-state index contributed by atoms with van der Waals surface area (Å²) in [5.74, 6) is 0.757. The Morgan fingerprint density at radius 3 is 2.45 bits per heavy atom. The highest BCUT2D eigenvalue weighted by Crippen LogP contribution is 2.48. The maximum atomic E-state index is 15.4. The van der Waals surface area contributed by atoms with Gasteiger partial charge in [0.2, 0.25) is 0 Å². The Morgan fingerprint density at radius 2 is 1.79 bits per heavy atom. The standard InChI is InChI=1S/C33H43BFN3O4/c1-21-17-25-23(12-13-27-26(25)19-36-38(27)29-9-7-8-16-40-29)30(37(21)20-33(35)14-15-33)24-11-10-22(18-28(24)39-6)34-41-31(2,3)32(4,5)42-34/h10-13,18-19,21,29-30H,7-9,14-17,20H2,1-6H3/t21-,29?,30+/m1/s1. The van der Waals surface area contributed by atoms with E-state index in [1.807, 2.05) is 12.3 Å². The van der Waals surface area contributed by atoms with Crippen molar-refractivity contribution >= 4 is 23.5 Å². The Hall–Kier alpha value is -2.46. The number of hydrogen-bond acceptors (Lipinski definition) is 6. The van der Waals surface area contributed by atoms with Crippen molar-refractivity contribution in [3.63, 3.8) is 0 Å². The molecule has 4 aliphatic rings. The molecule has 42 heavy (non-hydrogen) atoms. The van der Waals surface area contributed by atoms with Crippen LogP contribution in [0.25, 0.3) is 10.9 Å². The van der Waals surface area contributed by atoms with Crippen LogP contribution in [0.1, 0.15) is 95.7 Å². The van der Waals surface area contributed by atoms with Crippen molar-refractivity contribution < 1.29 is 23.2 Å². The Bertz CT molecular complexity index is 1480. The minimum atomic E-state index is -1.12. The summed E-state index contributed by atoms with van der Waals surface area (Å²) >= 11 is 0. The van der Waals surface area contributed by atoms with Crippen molar-refractivity contribution in [2.24, 2.45) is 0 Å². The van der Waals surface area contributed by atoms with Gasteiger partial charge in [-0.1, -0.05) is 18.2 Å². The number of methoxy groups -OCH3 is 1. The van der Waals surface area contributed by atoms with E-state index in [0.29, 0.717) is 19.4 Å². The predicted octanol–water partition coefficient (Wildman–Crippen LogP) is 5.88. The minimum Gasteiger partial charge on any atom is -0.496 e. The van der Waals surface area contributed by atoms with Crippen LogP contribution >= 0.6 is 0 Å². The van der Waals surface area contributed by atoms with E-state index in [4.69, 9.17) is 23.9 Å². The largest absolute Gasteiger partial charge is 0.496 e. The first kappa shape index (κ1) is 28.3. The lowest BCUT2D eigenvalue weighted by molar-refractivity contribution is -0.0366. The molecule has 0 radical (unpaired) electrons. The molecule has 1 unspecified atom stereocenters. The molecule has 224 valence electrons. The van der Waals surface area contributed by atoms with Crippen LogP contribution in [-0.2, 0) is 20.5 Å². The van der Waals surface area contributed by atoms with Crippen LogP contribution in [0.3, 0.4) is 0 Å². The van der Waals surface area contributed by atoms with E-state index in [1.54, 1.807) is 7.11 Å². The van der Waals surface area contributed by atoms with Gasteiger partial charge in [0.15, 0.2) is 6.23 Å². The zero-order valence-corrected chi connectivity index (χ0v) is 25.8. The van der Waals surface area contributed by atoms with Gasteiger partial charge in [0.25, 0.3) is 0 Å². The molecule has 1 aliphatic carbocycles. The van der Waals surface area contributed by atoms with Gasteiger partial charge in [-0.15, -0.1) is 0 Å². The van der Waals surface area contributed by atoms with Crippen molar-refractivity contribution in [2.75, 3.05) is 20.3 Å². The van der Waals surface area contributed by atoms with Gasteiger partial charge in [0.05, 0.1) is 36.1 Å². The molecular formula is C33H43BFN3O4. The quantitative estimate of drug-likeness (QED) is 0.342. The summed E-state index contributed by atoms with van der Waals surface area (Å²) in [6, 6.07) is 10.6. The molecule has 3 aliphatic heterocycles. The molecule has 0 amide bonds. The third-order valence-corrected chi connectivity index (χ3v) is 10.4. The molecular weight excluding hydrogens is 532 g/mol. The Kier molecular flexibility index (Phi) is 6.77. The highest BCUT2D eigenvalue weighted by atomic mass is 19.1. The molecule has 0 spiro atoms. The molecule has 3 atom stereocenters. The molecule has 1 saturated carbocycles. The summed E-state index contributed by atoms with van der Waals surface area (Å²) in [4.78, 5) is 2.35. The number of rotatable bonds is 6. The van der Waals surface area contributed by atoms with Gasteiger partial charge in [0.1, 0.15) is 11.4 Å². The minimum absolute atomic E-state index is 0.0218. The summed E-state index contributed by atoms with van der Waals surface area (Å²) in [6.07, 6.45) is 7.30. The molecule has 1 aromatic heterocycles. The van der Waals surface area contributed by atoms with Gasteiger partial charge in [-0.2, -0.15) is 5.10 Å². The third-order valence-electron chi connectivity index (χ3n) is 10.4. The van der Waals surface area contributed by atoms with Gasteiger partial charge in [-0.25, -0.2) is 9.07 Å². The van der Waals surface area contributed by atoms with E-state index in [1.165, 1.54) is 11.1 Å². The van der Waals surface area contributed by atoms with Crippen molar-refractivity contribution in [1.82, 2.24) is 14.7 Å². The highest BCUT2D eigenvalue weighted by molar-refractivity contribution is 6.62. The lowest BCUT2D eigenvalue weighted by atomic mass is 9.77. The molecule has 3 aromatic rings. The zero-order valence-electron chi connectivity index (χ0n) is 25.8. The molecule has 7 nitrogen and oxygen atoms in total. The summed E-state index contributed by atoms with van der Waals surface area (Å²) in [7, 11) is 1.22. The Labute approximate surface area is 248 Å². The van der Waals surface area contributed by atoms with E-state index in [0.717, 1.165) is 60.0 Å². The van der Waals surface area contributed by atoms with Gasteiger partial charge in [-0.05, 0) is 102 Å². The second-order valence-corrected chi connectivity index (χ2v) is 13.8. The SMILES string of the molecule is COc1cc(B2OC(C)(C)C(C)(C)O2)ccc1[C@@H]1c2ccc3c(cnn3C3CCCCO3)c2C[C@@H](C)N1CC1(F)CC1. The topological polar surface area (TPSA) is 58.0 Å². The van der Waals surface area contributed by atoms with E-state index in [9.17, 15) is 0 Å². The first-order valence-corrected chi connectivity index (χ1v) is 15.6. The molecule has 0 N–H and O–H groups in total. The number of halogens is 1. The average molecular weight is 576 g/mol. The lowest BCUT2D eigenvalue weighted by Gasteiger charge is -2.43. The second-order valence-electron chi connectivity index (χ2n) is 13.8. The maximum absolute atomic E-state index is 15.4. The first-order chi connectivity index (χ1) is 20.0. The summed E-state index contributed by atoms with van der Waals surface area (Å²) in [5.41, 5.74) is 3.53. The van der Waals surface area contributed by atoms with Crippen molar-refractivity contribution in [3.05, 3.63) is 53.2 Å². The fraction of sp³-hybridized carbons (Fsp3) is 0.606. The fourth-order valence-corrected chi connectivity index (χ4v) is 6.96. The monoisotopic (exact) mass is 575 g/mol. The summed E-state index contributed by atoms with van der Waals surface area (Å²) in [6.45, 7) is 11.6. The number of benzene rings is 2. The van der Waals surface area contributed by atoms with Crippen LogP contribution in [0.15, 0.2) is 36.5 Å². The number of nitrogens with zero attached hydrogens (tertiary/aromatic N) is 3. The average Bonchev–Trinajstić information content (AvgIpc) is 3.44. The normalized spacial score (nSPS) is 28.2. The van der Waals surface area contributed by atoms with E-state index in [-0.39, 0.29) is 18.3 Å². The van der Waals surface area contributed by atoms with Crippen LogP contribution in [0.2, 0.25) is 0 Å². The van der Waals surface area contributed by atoms with Crippen LogP contribution < -0.4 is 10.2 Å². The molecule has 4 heterocycles. The number of fused-ring (bicyclic) bond motifs is 3. The zero-order chi connectivity index (χ0) is 29.4. The van der Waals surface area contributed by atoms with E-state index < -0.39 is 24.0 Å². The van der Waals surface area contributed by atoms with Crippen molar-refractivity contribution in [1.29, 1.82) is 0 Å². The van der Waals surface area contributed by atoms with Gasteiger partial charge in [0, 0.05) is 30.1 Å². The van der Waals surface area contributed by atoms with Gasteiger partial charge >= 0.3 is 7.12 Å². The molecule has 3 fully saturated rings. The molecule has 7 rings (SSSR count). The predicted molar refractivity (Wildman–Crippen MR) is 162 cm³/mol. The summed E-state index contributed by atoms with van der Waals surface area (Å²) in [5, 5.41) is 5.98. The van der Waals surface area contributed by atoms with E-state index >= 15 is 4.39 Å². The molecule has 0 bridgehead atoms. The van der Waals surface area contributed by atoms with Crippen LogP contribution in [0, 0.1) is 0 Å². The van der Waals surface area contributed by atoms with E-state index in [2.05, 4.69) is 68.5 Å². The van der Waals surface area contributed by atoms with Crippen molar-refractivity contribution in [3.8, 4) is 5.75 Å². The lowest BCUT2D eigenvalue weighted by Crippen LogP contribution is -2.46. The summed E-state index contributed by atoms with van der Waals surface area (Å²) < 4.78 is 42.3. The smallest absolute Gasteiger partial charge is 0.494 e. The Balaban J connectivity index is 1.31. The molecule has 9 heteroatoms. The van der Waals surface area contributed by atoms with Crippen LogP contribution in [0.4, 0.5) is 4.39 Å². The second kappa shape index (κ2) is 10.0.